The first-order chi connectivity index (χ1) is 11.5. The van der Waals surface area contributed by atoms with Gasteiger partial charge in [-0.15, -0.1) is 11.8 Å². The number of carboxylic acids is 1. The highest BCUT2D eigenvalue weighted by Gasteiger charge is 2.55. The van der Waals surface area contributed by atoms with E-state index in [-0.39, 0.29) is 17.9 Å². The molecular formula is C16H16N2O5S. The summed E-state index contributed by atoms with van der Waals surface area (Å²) in [5.41, 5.74) is 1.10. The van der Waals surface area contributed by atoms with Crippen molar-refractivity contribution in [1.82, 2.24) is 10.2 Å². The highest BCUT2D eigenvalue weighted by Crippen LogP contribution is 2.39. The summed E-state index contributed by atoms with van der Waals surface area (Å²) in [7, 11) is 0. The van der Waals surface area contributed by atoms with Crippen molar-refractivity contribution >= 4 is 29.5 Å². The van der Waals surface area contributed by atoms with Crippen molar-refractivity contribution in [2.24, 2.45) is 0 Å². The lowest BCUT2D eigenvalue weighted by atomic mass is 9.98. The Hall–Kier alpha value is -2.32. The van der Waals surface area contributed by atoms with Gasteiger partial charge < -0.3 is 20.4 Å². The molecule has 1 fully saturated rings. The Labute approximate surface area is 142 Å². The third kappa shape index (κ3) is 2.90. The van der Waals surface area contributed by atoms with E-state index in [1.165, 1.54) is 16.7 Å². The summed E-state index contributed by atoms with van der Waals surface area (Å²) in [6.45, 7) is -0.425. The highest BCUT2D eigenvalue weighted by molar-refractivity contribution is 8.02. The van der Waals surface area contributed by atoms with Gasteiger partial charge in [-0.25, -0.2) is 4.79 Å². The van der Waals surface area contributed by atoms with Gasteiger partial charge >= 0.3 is 5.97 Å². The van der Waals surface area contributed by atoms with Crippen LogP contribution in [-0.4, -0.2) is 57.0 Å². The second kappa shape index (κ2) is 6.66. The molecule has 1 aromatic carbocycles. The molecule has 0 aliphatic carbocycles. The van der Waals surface area contributed by atoms with Gasteiger partial charge in [0, 0.05) is 0 Å². The van der Waals surface area contributed by atoms with Crippen LogP contribution in [-0.2, 0) is 20.8 Å². The fourth-order valence-electron chi connectivity index (χ4n) is 2.85. The quantitative estimate of drug-likeness (QED) is 0.645. The number of β-lactam (4-membered cyclic amide) rings is 1. The maximum Gasteiger partial charge on any atom is 0.330 e. The van der Waals surface area contributed by atoms with E-state index in [9.17, 15) is 24.6 Å². The van der Waals surface area contributed by atoms with Crippen molar-refractivity contribution in [2.75, 3.05) is 6.61 Å². The van der Waals surface area contributed by atoms with Gasteiger partial charge in [0.25, 0.3) is 0 Å². The molecule has 2 aliphatic rings. The van der Waals surface area contributed by atoms with E-state index in [4.69, 9.17) is 0 Å². The number of aliphatic hydroxyl groups is 1. The van der Waals surface area contributed by atoms with Crippen molar-refractivity contribution in [3.05, 3.63) is 46.9 Å². The molecule has 126 valence electrons. The summed E-state index contributed by atoms with van der Waals surface area (Å²) < 4.78 is 0. The van der Waals surface area contributed by atoms with Crippen molar-refractivity contribution in [1.29, 1.82) is 0 Å². The zero-order valence-electron chi connectivity index (χ0n) is 12.6. The molecule has 1 saturated heterocycles. The molecule has 0 spiro atoms. The maximum absolute atomic E-state index is 12.3. The predicted molar refractivity (Wildman–Crippen MR) is 86.9 cm³/mol. The number of rotatable bonds is 5. The van der Waals surface area contributed by atoms with Crippen LogP contribution in [0.2, 0.25) is 0 Å². The molecule has 0 bridgehead atoms. The van der Waals surface area contributed by atoms with Crippen LogP contribution in [0.15, 0.2) is 41.3 Å². The summed E-state index contributed by atoms with van der Waals surface area (Å²) >= 11 is 1.23. The first-order valence-corrected chi connectivity index (χ1v) is 8.30. The van der Waals surface area contributed by atoms with Gasteiger partial charge in [0.2, 0.25) is 11.8 Å². The van der Waals surface area contributed by atoms with E-state index < -0.39 is 35.9 Å². The monoisotopic (exact) mass is 348 g/mol. The third-order valence-corrected chi connectivity index (χ3v) is 5.23. The average molecular weight is 348 g/mol. The van der Waals surface area contributed by atoms with Crippen LogP contribution in [0.1, 0.15) is 5.56 Å². The molecule has 2 amide bonds. The van der Waals surface area contributed by atoms with Crippen LogP contribution in [0.3, 0.4) is 0 Å². The second-order valence-corrected chi connectivity index (χ2v) is 6.56. The molecule has 0 aromatic heterocycles. The van der Waals surface area contributed by atoms with Crippen LogP contribution < -0.4 is 5.32 Å². The number of nitrogens with one attached hydrogen (secondary N) is 1. The summed E-state index contributed by atoms with van der Waals surface area (Å²) in [6.07, 6.45) is 0.155. The number of aliphatic carboxylic acids is 1. The van der Waals surface area contributed by atoms with E-state index in [0.29, 0.717) is 0 Å². The minimum Gasteiger partial charge on any atom is -0.479 e. The number of carbonyl (C=O) groups is 3. The number of thioether (sulfide) groups is 1. The van der Waals surface area contributed by atoms with Crippen molar-refractivity contribution < 1.29 is 24.6 Å². The number of carbonyl (C=O) groups excluding carboxylic acids is 2. The first kappa shape index (κ1) is 16.5. The molecule has 0 saturated carbocycles. The van der Waals surface area contributed by atoms with Gasteiger partial charge in [0.05, 0.1) is 13.0 Å². The van der Waals surface area contributed by atoms with E-state index >= 15 is 0 Å². The first-order valence-electron chi connectivity index (χ1n) is 7.36. The third-order valence-electron chi connectivity index (χ3n) is 4.01. The number of nitrogens with zero attached hydrogens (tertiary/aromatic N) is 1. The number of amides is 2. The lowest BCUT2D eigenvalue weighted by Crippen LogP contribution is -2.74. The van der Waals surface area contributed by atoms with Crippen LogP contribution in [0.25, 0.3) is 0 Å². The molecular weight excluding hydrogens is 332 g/mol. The molecule has 2 aliphatic heterocycles. The molecule has 3 rings (SSSR count). The number of aliphatic hydroxyl groups excluding tert-OH is 1. The van der Waals surface area contributed by atoms with Gasteiger partial charge in [0.1, 0.15) is 11.4 Å². The highest BCUT2D eigenvalue weighted by atomic mass is 32.2. The fraction of sp³-hybridized carbons (Fsp3) is 0.312. The van der Waals surface area contributed by atoms with E-state index in [1.54, 1.807) is 5.41 Å². The minimum absolute atomic E-state index is 0.155. The zero-order chi connectivity index (χ0) is 17.3. The second-order valence-electron chi connectivity index (χ2n) is 5.57. The molecule has 2 heterocycles. The number of hydrogen-bond acceptors (Lipinski definition) is 5. The van der Waals surface area contributed by atoms with Gasteiger partial charge in [-0.05, 0) is 16.5 Å². The van der Waals surface area contributed by atoms with Crippen molar-refractivity contribution in [3.8, 4) is 0 Å². The van der Waals surface area contributed by atoms with Gasteiger partial charge in [-0.1, -0.05) is 30.3 Å². The zero-order valence-corrected chi connectivity index (χ0v) is 13.4. The van der Waals surface area contributed by atoms with Crippen molar-refractivity contribution in [2.45, 2.75) is 23.9 Å². The molecule has 2 unspecified atom stereocenters. The van der Waals surface area contributed by atoms with Gasteiger partial charge in [-0.3, -0.25) is 9.59 Å². The Morgan fingerprint density at radius 2 is 1.96 bits per heavy atom. The van der Waals surface area contributed by atoms with Gasteiger partial charge in [-0.2, -0.15) is 0 Å². The van der Waals surface area contributed by atoms with E-state index in [0.717, 1.165) is 5.56 Å². The van der Waals surface area contributed by atoms with Gasteiger partial charge in [0.15, 0.2) is 6.04 Å². The Morgan fingerprint density at radius 3 is 2.58 bits per heavy atom. The summed E-state index contributed by atoms with van der Waals surface area (Å²) in [5, 5.41) is 22.3. The molecule has 24 heavy (non-hydrogen) atoms. The Bertz CT molecular complexity index is 706. The minimum atomic E-state index is -1.19. The fourth-order valence-corrected chi connectivity index (χ4v) is 4.06. The molecule has 3 atom stereocenters. The van der Waals surface area contributed by atoms with Crippen LogP contribution in [0, 0.1) is 0 Å². The average Bonchev–Trinajstić information content (AvgIpc) is 2.58. The molecule has 1 aromatic rings. The Balaban J connectivity index is 1.68. The smallest absolute Gasteiger partial charge is 0.330 e. The predicted octanol–water partition coefficient (Wildman–Crippen LogP) is -0.0416. The van der Waals surface area contributed by atoms with E-state index in [1.807, 2.05) is 30.3 Å². The number of benzene rings is 1. The number of carboxylic acid groups (broad SMARTS) is 1. The Kier molecular flexibility index (Phi) is 4.59. The summed E-state index contributed by atoms with van der Waals surface area (Å²) in [6, 6.07) is 7.23. The van der Waals surface area contributed by atoms with Crippen LogP contribution in [0.4, 0.5) is 0 Å². The topological polar surface area (TPSA) is 107 Å². The normalized spacial score (nSPS) is 25.4. The Morgan fingerprint density at radius 1 is 1.25 bits per heavy atom. The van der Waals surface area contributed by atoms with Crippen LogP contribution >= 0.6 is 11.8 Å². The number of fused-ring (bicyclic) bond motifs is 1. The lowest BCUT2D eigenvalue weighted by Gasteiger charge is -2.51. The largest absolute Gasteiger partial charge is 0.479 e. The summed E-state index contributed by atoms with van der Waals surface area (Å²) in [5.74, 6) is -1.92. The molecule has 7 nitrogen and oxygen atoms in total. The molecule has 8 heteroatoms. The maximum atomic E-state index is 12.3. The molecule has 3 N–H and O–H groups in total. The SMILES string of the molecule is O=C(Cc1ccccc1)NC1C(=O)N2C(C(=O)O)C(CO)=CS[C@H]12. The van der Waals surface area contributed by atoms with Crippen LogP contribution in [0.5, 0.6) is 0 Å². The summed E-state index contributed by atoms with van der Waals surface area (Å²) in [4.78, 5) is 37.0. The number of hydrogen-bond donors (Lipinski definition) is 3. The van der Waals surface area contributed by atoms with E-state index in [2.05, 4.69) is 5.32 Å². The molecule has 0 radical (unpaired) electrons. The lowest BCUT2D eigenvalue weighted by molar-refractivity contribution is -0.160. The standard InChI is InChI=1S/C16H16N2O5S/c19-7-10-8-24-15-12(14(21)18(15)13(10)16(22)23)17-11(20)6-9-4-2-1-3-5-9/h1-5,8,12-13,15,19H,6-7H2,(H,17,20)(H,22,23)/t12?,13?,15-/m1/s1. The van der Waals surface area contributed by atoms with Crippen molar-refractivity contribution in [3.63, 3.8) is 0 Å².